The van der Waals surface area contributed by atoms with Crippen LogP contribution in [0.3, 0.4) is 0 Å². The number of rotatable bonds is 7. The summed E-state index contributed by atoms with van der Waals surface area (Å²) in [4.78, 5) is 38.7. The maximum atomic E-state index is 12.6. The van der Waals surface area contributed by atoms with Gasteiger partial charge in [-0.05, 0) is 61.2 Å². The molecule has 2 heterocycles. The number of nitrogens with zero attached hydrogens (tertiary/aromatic N) is 1. The van der Waals surface area contributed by atoms with E-state index in [1.54, 1.807) is 29.2 Å². The third kappa shape index (κ3) is 4.97. The zero-order chi connectivity index (χ0) is 24.3. The second-order valence-electron chi connectivity index (χ2n) is 9.50. The molecule has 2 aromatic carbocycles. The molecule has 0 spiro atoms. The lowest BCUT2D eigenvalue weighted by Gasteiger charge is -2.31. The first-order chi connectivity index (χ1) is 17.0. The van der Waals surface area contributed by atoms with Crippen molar-refractivity contribution in [1.29, 1.82) is 0 Å². The van der Waals surface area contributed by atoms with E-state index in [-0.39, 0.29) is 29.7 Å². The number of hydrogen-bond donors (Lipinski definition) is 2. The van der Waals surface area contributed by atoms with Crippen molar-refractivity contribution < 1.29 is 23.9 Å². The number of amides is 3. The molecular weight excluding hydrogens is 446 g/mol. The molecule has 8 nitrogen and oxygen atoms in total. The van der Waals surface area contributed by atoms with E-state index < -0.39 is 0 Å². The summed E-state index contributed by atoms with van der Waals surface area (Å²) in [7, 11) is 0. The van der Waals surface area contributed by atoms with Gasteiger partial charge < -0.3 is 25.0 Å². The third-order valence-corrected chi connectivity index (χ3v) is 7.26. The zero-order valence-corrected chi connectivity index (χ0v) is 19.8. The van der Waals surface area contributed by atoms with E-state index in [2.05, 4.69) is 16.7 Å². The minimum atomic E-state index is -0.318. The van der Waals surface area contributed by atoms with Gasteiger partial charge in [0.15, 0.2) is 11.5 Å². The molecule has 0 atom stereocenters. The molecule has 184 valence electrons. The summed E-state index contributed by atoms with van der Waals surface area (Å²) in [5.74, 6) is 1.09. The van der Waals surface area contributed by atoms with Crippen LogP contribution in [0.1, 0.15) is 54.4 Å². The van der Waals surface area contributed by atoms with Gasteiger partial charge in [-0.25, -0.2) is 0 Å². The van der Waals surface area contributed by atoms with Crippen molar-refractivity contribution in [3.8, 4) is 11.5 Å². The van der Waals surface area contributed by atoms with Crippen molar-refractivity contribution >= 4 is 23.4 Å². The number of carbonyl (C=O) groups excluding carboxylic acids is 3. The maximum absolute atomic E-state index is 12.6. The average molecular weight is 478 g/mol. The normalized spacial score (nSPS) is 18.4. The molecule has 1 aliphatic carbocycles. The Morgan fingerprint density at radius 1 is 0.914 bits per heavy atom. The molecule has 0 bridgehead atoms. The van der Waals surface area contributed by atoms with Crippen LogP contribution in [0.5, 0.6) is 11.5 Å². The summed E-state index contributed by atoms with van der Waals surface area (Å²) in [5, 5.41) is 5.73. The molecule has 3 amide bonds. The first-order valence-electron chi connectivity index (χ1n) is 12.4. The highest BCUT2D eigenvalue weighted by atomic mass is 16.6. The molecule has 0 radical (unpaired) electrons. The Hall–Kier alpha value is -3.55. The molecular formula is C27H31N3O5. The van der Waals surface area contributed by atoms with Gasteiger partial charge in [-0.15, -0.1) is 0 Å². The van der Waals surface area contributed by atoms with Crippen LogP contribution >= 0.6 is 0 Å². The van der Waals surface area contributed by atoms with Crippen molar-refractivity contribution in [3.63, 3.8) is 0 Å². The van der Waals surface area contributed by atoms with Crippen LogP contribution in [0.15, 0.2) is 42.5 Å². The highest BCUT2D eigenvalue weighted by molar-refractivity contribution is 5.98. The van der Waals surface area contributed by atoms with Crippen LogP contribution in [-0.2, 0) is 15.0 Å². The minimum absolute atomic E-state index is 0.0948. The molecule has 2 fully saturated rings. The van der Waals surface area contributed by atoms with Crippen molar-refractivity contribution in [2.75, 3.05) is 37.7 Å². The van der Waals surface area contributed by atoms with Gasteiger partial charge in [-0.3, -0.25) is 14.4 Å². The quantitative estimate of drug-likeness (QED) is 0.639. The highest BCUT2D eigenvalue weighted by Crippen LogP contribution is 2.43. The maximum Gasteiger partial charge on any atom is 0.251 e. The number of ether oxygens (including phenoxy) is 2. The standard InChI is InChI=1S/C27H31N3O5/c31-24(17-28-26(33)19-5-8-21(9-6-19)30-13-3-4-25(30)32)29-18-27(11-1-2-12-27)20-7-10-22-23(16-20)35-15-14-34-22/h5-10,16H,1-4,11-15,17-18H2,(H,28,33)(H,29,31). The van der Waals surface area contributed by atoms with Crippen LogP contribution in [0.25, 0.3) is 0 Å². The predicted octanol–water partition coefficient (Wildman–Crippen LogP) is 2.94. The lowest BCUT2D eigenvalue weighted by molar-refractivity contribution is -0.120. The molecule has 0 aromatic heterocycles. The fraction of sp³-hybridized carbons (Fsp3) is 0.444. The highest BCUT2D eigenvalue weighted by Gasteiger charge is 2.36. The fourth-order valence-corrected chi connectivity index (χ4v) is 5.30. The molecule has 1 saturated carbocycles. The Balaban J connectivity index is 1.15. The summed E-state index contributed by atoms with van der Waals surface area (Å²) in [6, 6.07) is 13.0. The van der Waals surface area contributed by atoms with E-state index in [4.69, 9.17) is 9.47 Å². The van der Waals surface area contributed by atoms with E-state index in [0.717, 1.165) is 54.9 Å². The predicted molar refractivity (Wildman–Crippen MR) is 131 cm³/mol. The molecule has 5 rings (SSSR count). The van der Waals surface area contributed by atoms with E-state index in [1.807, 2.05) is 12.1 Å². The van der Waals surface area contributed by atoms with Crippen LogP contribution in [-0.4, -0.2) is 50.6 Å². The van der Waals surface area contributed by atoms with Gasteiger partial charge in [-0.2, -0.15) is 0 Å². The SMILES string of the molecule is O=C(CNC(=O)c1ccc(N2CCCC2=O)cc1)NCC1(c2ccc3c(c2)OCCO3)CCCC1. The van der Waals surface area contributed by atoms with Crippen LogP contribution in [0.2, 0.25) is 0 Å². The largest absolute Gasteiger partial charge is 0.486 e. The molecule has 2 aliphatic heterocycles. The third-order valence-electron chi connectivity index (χ3n) is 7.26. The van der Waals surface area contributed by atoms with Crippen molar-refractivity contribution in [3.05, 3.63) is 53.6 Å². The monoisotopic (exact) mass is 477 g/mol. The van der Waals surface area contributed by atoms with E-state index in [9.17, 15) is 14.4 Å². The van der Waals surface area contributed by atoms with Crippen LogP contribution in [0.4, 0.5) is 5.69 Å². The Bertz CT molecular complexity index is 1110. The Morgan fingerprint density at radius 2 is 1.66 bits per heavy atom. The summed E-state index contributed by atoms with van der Waals surface area (Å²) in [6.45, 7) is 2.22. The molecule has 1 saturated heterocycles. The summed E-state index contributed by atoms with van der Waals surface area (Å²) in [5.41, 5.74) is 2.26. The number of fused-ring (bicyclic) bond motifs is 1. The number of benzene rings is 2. The molecule has 35 heavy (non-hydrogen) atoms. The van der Waals surface area contributed by atoms with Gasteiger partial charge in [0.2, 0.25) is 11.8 Å². The van der Waals surface area contributed by atoms with Gasteiger partial charge >= 0.3 is 0 Å². The molecule has 0 unspecified atom stereocenters. The minimum Gasteiger partial charge on any atom is -0.486 e. The first-order valence-corrected chi connectivity index (χ1v) is 12.4. The smallest absolute Gasteiger partial charge is 0.251 e. The van der Waals surface area contributed by atoms with Crippen LogP contribution in [0, 0.1) is 0 Å². The first kappa shape index (κ1) is 23.2. The summed E-state index contributed by atoms with van der Waals surface area (Å²) in [6.07, 6.45) is 5.62. The van der Waals surface area contributed by atoms with Gasteiger partial charge in [0.05, 0.1) is 6.54 Å². The van der Waals surface area contributed by atoms with Crippen LogP contribution < -0.4 is 25.0 Å². The van der Waals surface area contributed by atoms with Crippen molar-refractivity contribution in [2.24, 2.45) is 0 Å². The molecule has 2 N–H and O–H groups in total. The lowest BCUT2D eigenvalue weighted by Crippen LogP contribution is -2.43. The fourth-order valence-electron chi connectivity index (χ4n) is 5.30. The molecule has 2 aromatic rings. The van der Waals surface area contributed by atoms with E-state index in [1.165, 1.54) is 0 Å². The van der Waals surface area contributed by atoms with E-state index in [0.29, 0.717) is 38.3 Å². The van der Waals surface area contributed by atoms with Gasteiger partial charge in [0, 0.05) is 36.2 Å². The summed E-state index contributed by atoms with van der Waals surface area (Å²) < 4.78 is 11.4. The number of anilines is 1. The Kier molecular flexibility index (Phi) is 6.61. The molecule has 3 aliphatic rings. The Morgan fingerprint density at radius 3 is 2.37 bits per heavy atom. The van der Waals surface area contributed by atoms with Crippen molar-refractivity contribution in [1.82, 2.24) is 10.6 Å². The zero-order valence-electron chi connectivity index (χ0n) is 19.8. The number of hydrogen-bond acceptors (Lipinski definition) is 5. The second kappa shape index (κ2) is 9.98. The lowest BCUT2D eigenvalue weighted by atomic mass is 9.78. The van der Waals surface area contributed by atoms with Gasteiger partial charge in [0.25, 0.3) is 5.91 Å². The number of nitrogens with one attached hydrogen (secondary N) is 2. The average Bonchev–Trinajstić information content (AvgIpc) is 3.55. The van der Waals surface area contributed by atoms with Crippen molar-refractivity contribution in [2.45, 2.75) is 43.9 Å². The topological polar surface area (TPSA) is 97.0 Å². The Labute approximate surface area is 205 Å². The van der Waals surface area contributed by atoms with Gasteiger partial charge in [0.1, 0.15) is 13.2 Å². The molecule has 8 heteroatoms. The summed E-state index contributed by atoms with van der Waals surface area (Å²) >= 11 is 0. The van der Waals surface area contributed by atoms with Gasteiger partial charge in [-0.1, -0.05) is 18.9 Å². The number of carbonyl (C=O) groups is 3. The second-order valence-corrected chi connectivity index (χ2v) is 9.50. The van der Waals surface area contributed by atoms with E-state index >= 15 is 0 Å².